The number of hydrogen-bond donors (Lipinski definition) is 2. The highest BCUT2D eigenvalue weighted by Gasteiger charge is 1.97. The second kappa shape index (κ2) is 9.34. The Kier molecular flexibility index (Phi) is 8.55. The molecule has 2 rings (SSSR count). The van der Waals surface area contributed by atoms with Gasteiger partial charge in [-0.3, -0.25) is 0 Å². The highest BCUT2D eigenvalue weighted by molar-refractivity contribution is 8.76. The molecular weight excluding hydrogens is 343 g/mol. The fourth-order valence-corrected chi connectivity index (χ4v) is 3.26. The third-order valence-electron chi connectivity index (χ3n) is 1.86. The first-order valence-corrected chi connectivity index (χ1v) is 9.30. The summed E-state index contributed by atoms with van der Waals surface area (Å²) in [4.78, 5) is 2.37. The lowest BCUT2D eigenvalue weighted by atomic mass is 10.4. The standard InChI is InChI=1S/C12H8Cl2S2.H2S2/c13-9-1-5-11(6-2-9)15-16-12-7-3-10(14)4-8-12;1-2/h1-8H;1-2H. The molecule has 0 aliphatic carbocycles. The Bertz CT molecular complexity index is 411. The van der Waals surface area contributed by atoms with E-state index < -0.39 is 0 Å². The Morgan fingerprint density at radius 1 is 0.611 bits per heavy atom. The first-order valence-electron chi connectivity index (χ1n) is 4.80. The van der Waals surface area contributed by atoms with Gasteiger partial charge < -0.3 is 0 Å². The second-order valence-electron chi connectivity index (χ2n) is 3.07. The van der Waals surface area contributed by atoms with Crippen molar-refractivity contribution in [2.45, 2.75) is 9.79 Å². The van der Waals surface area contributed by atoms with Gasteiger partial charge >= 0.3 is 0 Å². The van der Waals surface area contributed by atoms with Gasteiger partial charge in [0.05, 0.1) is 0 Å². The van der Waals surface area contributed by atoms with E-state index in [0.717, 1.165) is 10.0 Å². The van der Waals surface area contributed by atoms with Crippen molar-refractivity contribution in [3.63, 3.8) is 0 Å². The summed E-state index contributed by atoms with van der Waals surface area (Å²) >= 11 is 18.1. The monoisotopic (exact) mass is 352 g/mol. The van der Waals surface area contributed by atoms with Crippen LogP contribution in [0, 0.1) is 0 Å². The summed E-state index contributed by atoms with van der Waals surface area (Å²) in [6.45, 7) is 0. The predicted molar refractivity (Wildman–Crippen MR) is 92.6 cm³/mol. The van der Waals surface area contributed by atoms with Crippen molar-refractivity contribution in [3.05, 3.63) is 58.6 Å². The molecule has 2 aromatic rings. The lowest BCUT2D eigenvalue weighted by Gasteiger charge is -2.01. The van der Waals surface area contributed by atoms with Gasteiger partial charge in [0, 0.05) is 19.8 Å². The summed E-state index contributed by atoms with van der Waals surface area (Å²) in [6, 6.07) is 15.6. The summed E-state index contributed by atoms with van der Waals surface area (Å²) in [6.07, 6.45) is 0. The van der Waals surface area contributed by atoms with Gasteiger partial charge in [0.25, 0.3) is 0 Å². The first kappa shape index (κ1) is 16.5. The van der Waals surface area contributed by atoms with Crippen molar-refractivity contribution in [3.8, 4) is 0 Å². The molecule has 2 aromatic carbocycles. The minimum Gasteiger partial charge on any atom is -0.115 e. The summed E-state index contributed by atoms with van der Waals surface area (Å²) in [5, 5.41) is 1.53. The Morgan fingerprint density at radius 2 is 0.889 bits per heavy atom. The van der Waals surface area contributed by atoms with Crippen LogP contribution >= 0.6 is 68.1 Å². The van der Waals surface area contributed by atoms with Gasteiger partial charge in [0.2, 0.25) is 0 Å². The van der Waals surface area contributed by atoms with Gasteiger partial charge in [-0.1, -0.05) is 44.8 Å². The minimum absolute atomic E-state index is 0.765. The number of hydrogen-bond acceptors (Lipinski definition) is 4. The van der Waals surface area contributed by atoms with Gasteiger partial charge in [-0.15, -0.1) is 23.3 Å². The summed E-state index contributed by atoms with van der Waals surface area (Å²) in [7, 11) is 3.41. The van der Waals surface area contributed by atoms with Crippen molar-refractivity contribution >= 4 is 68.1 Å². The van der Waals surface area contributed by atoms with Crippen LogP contribution in [0.5, 0.6) is 0 Å². The van der Waals surface area contributed by atoms with Crippen molar-refractivity contribution < 1.29 is 0 Å². The third kappa shape index (κ3) is 6.04. The molecule has 0 saturated carbocycles. The third-order valence-corrected chi connectivity index (χ3v) is 4.78. The number of halogens is 2. The molecule has 6 heteroatoms. The van der Waals surface area contributed by atoms with E-state index in [-0.39, 0.29) is 0 Å². The molecule has 0 saturated heterocycles. The van der Waals surface area contributed by atoms with E-state index in [9.17, 15) is 0 Å². The summed E-state index contributed by atoms with van der Waals surface area (Å²) in [5.41, 5.74) is 0. The second-order valence-corrected chi connectivity index (χ2v) is 6.22. The molecule has 96 valence electrons. The largest absolute Gasteiger partial charge is 0.115 e. The van der Waals surface area contributed by atoms with E-state index in [2.05, 4.69) is 23.3 Å². The molecule has 0 atom stereocenters. The molecule has 0 fully saturated rings. The normalized spacial score (nSPS) is 9.56. The maximum absolute atomic E-state index is 5.82. The van der Waals surface area contributed by atoms with Gasteiger partial charge in [0.1, 0.15) is 0 Å². The van der Waals surface area contributed by atoms with Crippen LogP contribution in [0.4, 0.5) is 0 Å². The van der Waals surface area contributed by atoms with Gasteiger partial charge in [-0.2, -0.15) is 0 Å². The SMILES string of the molecule is Clc1ccc(SSc2ccc(Cl)cc2)cc1.SS. The molecule has 0 aliphatic rings. The quantitative estimate of drug-likeness (QED) is 0.474. The molecule has 0 radical (unpaired) electrons. The zero-order chi connectivity index (χ0) is 13.4. The van der Waals surface area contributed by atoms with Crippen LogP contribution in [0.2, 0.25) is 10.0 Å². The molecule has 0 aromatic heterocycles. The van der Waals surface area contributed by atoms with E-state index in [1.165, 1.54) is 9.79 Å². The van der Waals surface area contributed by atoms with Crippen LogP contribution in [0.3, 0.4) is 0 Å². The molecule has 0 bridgehead atoms. The molecule has 18 heavy (non-hydrogen) atoms. The fraction of sp³-hybridized carbons (Fsp3) is 0. The first-order chi connectivity index (χ1) is 8.74. The maximum atomic E-state index is 5.82. The number of thiol groups is 2. The van der Waals surface area contributed by atoms with Crippen LogP contribution in [0.1, 0.15) is 0 Å². The van der Waals surface area contributed by atoms with Gasteiger partial charge in [0.15, 0.2) is 0 Å². The molecule has 0 heterocycles. The lowest BCUT2D eigenvalue weighted by molar-refractivity contribution is 1.47. The Morgan fingerprint density at radius 3 is 1.17 bits per heavy atom. The van der Waals surface area contributed by atoms with Crippen molar-refractivity contribution in [2.75, 3.05) is 0 Å². The van der Waals surface area contributed by atoms with E-state index >= 15 is 0 Å². The lowest BCUT2D eigenvalue weighted by Crippen LogP contribution is -1.69. The van der Waals surface area contributed by atoms with Crippen LogP contribution in [0.25, 0.3) is 0 Å². The molecule has 0 aliphatic heterocycles. The van der Waals surface area contributed by atoms with Crippen molar-refractivity contribution in [1.82, 2.24) is 0 Å². The zero-order valence-electron chi connectivity index (χ0n) is 9.09. The molecular formula is C12H10Cl2S4. The van der Waals surface area contributed by atoms with E-state index in [0.29, 0.717) is 0 Å². The molecule has 0 amide bonds. The Hall–Kier alpha value is 0.420. The topological polar surface area (TPSA) is 0 Å². The summed E-state index contributed by atoms with van der Waals surface area (Å²) < 4.78 is 0. The Labute approximate surface area is 135 Å². The molecule has 0 N–H and O–H groups in total. The molecule has 0 nitrogen and oxygen atoms in total. The van der Waals surface area contributed by atoms with E-state index in [1.54, 1.807) is 21.6 Å². The Balaban J connectivity index is 0.000000771. The highest BCUT2D eigenvalue weighted by atomic mass is 35.5. The van der Waals surface area contributed by atoms with Gasteiger partial charge in [-0.05, 0) is 48.5 Å². The van der Waals surface area contributed by atoms with Crippen LogP contribution < -0.4 is 0 Å². The van der Waals surface area contributed by atoms with E-state index in [1.807, 2.05) is 48.5 Å². The molecule has 0 spiro atoms. The average Bonchev–Trinajstić information content (AvgIpc) is 2.42. The zero-order valence-corrected chi connectivity index (χ0v) is 14.0. The van der Waals surface area contributed by atoms with Crippen LogP contribution in [-0.4, -0.2) is 0 Å². The van der Waals surface area contributed by atoms with Gasteiger partial charge in [-0.25, -0.2) is 0 Å². The van der Waals surface area contributed by atoms with Crippen molar-refractivity contribution in [1.29, 1.82) is 0 Å². The fourth-order valence-electron chi connectivity index (χ4n) is 1.08. The van der Waals surface area contributed by atoms with Crippen LogP contribution in [0.15, 0.2) is 58.3 Å². The number of benzene rings is 2. The molecule has 0 unspecified atom stereocenters. The van der Waals surface area contributed by atoms with Crippen LogP contribution in [-0.2, 0) is 0 Å². The smallest absolute Gasteiger partial charge is 0.0406 e. The average molecular weight is 353 g/mol. The highest BCUT2D eigenvalue weighted by Crippen LogP contribution is 2.37. The predicted octanol–water partition coefficient (Wildman–Crippen LogP) is 6.55. The van der Waals surface area contributed by atoms with Crippen molar-refractivity contribution in [2.24, 2.45) is 0 Å². The maximum Gasteiger partial charge on any atom is 0.0406 e. The number of rotatable bonds is 3. The van der Waals surface area contributed by atoms with E-state index in [4.69, 9.17) is 23.2 Å². The summed E-state index contributed by atoms with van der Waals surface area (Å²) in [5.74, 6) is 0. The minimum atomic E-state index is 0.765.